The lowest BCUT2D eigenvalue weighted by Crippen LogP contribution is -2.29. The molecule has 2 heterocycles. The Bertz CT molecular complexity index is 583. The van der Waals surface area contributed by atoms with Gasteiger partial charge in [-0.1, -0.05) is 6.07 Å². The molecule has 20 heavy (non-hydrogen) atoms. The van der Waals surface area contributed by atoms with E-state index in [1.807, 2.05) is 6.07 Å². The van der Waals surface area contributed by atoms with E-state index in [1.165, 1.54) is 11.1 Å². The Kier molecular flexibility index (Phi) is 3.98. The SMILES string of the molecule is O=S1(=O)CCCC(COc2ccc3c(c2)CCNC3)C1. The topological polar surface area (TPSA) is 55.4 Å². The molecule has 2 aliphatic rings. The number of fused-ring (bicyclic) bond motifs is 1. The van der Waals surface area contributed by atoms with Crippen LogP contribution in [0.2, 0.25) is 0 Å². The monoisotopic (exact) mass is 295 g/mol. The summed E-state index contributed by atoms with van der Waals surface area (Å²) < 4.78 is 29.0. The fraction of sp³-hybridized carbons (Fsp3) is 0.600. The summed E-state index contributed by atoms with van der Waals surface area (Å²) in [6.45, 7) is 2.45. The molecule has 4 nitrogen and oxygen atoms in total. The highest BCUT2D eigenvalue weighted by Crippen LogP contribution is 2.23. The molecule has 0 amide bonds. The quantitative estimate of drug-likeness (QED) is 0.919. The van der Waals surface area contributed by atoms with Crippen LogP contribution in [0.4, 0.5) is 0 Å². The van der Waals surface area contributed by atoms with Crippen molar-refractivity contribution in [1.29, 1.82) is 0 Å². The second kappa shape index (κ2) is 5.74. The minimum Gasteiger partial charge on any atom is -0.493 e. The average Bonchev–Trinajstić information content (AvgIpc) is 2.44. The Morgan fingerprint density at radius 2 is 2.20 bits per heavy atom. The average molecular weight is 295 g/mol. The van der Waals surface area contributed by atoms with Crippen LogP contribution in [0, 0.1) is 5.92 Å². The number of sulfone groups is 1. The third-order valence-corrected chi connectivity index (χ3v) is 6.00. The van der Waals surface area contributed by atoms with Gasteiger partial charge < -0.3 is 10.1 Å². The van der Waals surface area contributed by atoms with E-state index in [1.54, 1.807) is 0 Å². The van der Waals surface area contributed by atoms with Crippen LogP contribution >= 0.6 is 0 Å². The lowest BCUT2D eigenvalue weighted by atomic mass is 10.0. The van der Waals surface area contributed by atoms with Gasteiger partial charge in [0.1, 0.15) is 5.75 Å². The molecule has 1 unspecified atom stereocenters. The summed E-state index contributed by atoms with van der Waals surface area (Å²) in [6, 6.07) is 6.20. The normalized spacial score (nSPS) is 24.9. The van der Waals surface area contributed by atoms with E-state index in [0.717, 1.165) is 38.1 Å². The Morgan fingerprint density at radius 1 is 1.30 bits per heavy atom. The molecule has 0 bridgehead atoms. The van der Waals surface area contributed by atoms with Crippen molar-refractivity contribution in [2.75, 3.05) is 24.7 Å². The van der Waals surface area contributed by atoms with Crippen molar-refractivity contribution in [2.24, 2.45) is 5.92 Å². The van der Waals surface area contributed by atoms with Crippen molar-refractivity contribution in [3.05, 3.63) is 29.3 Å². The van der Waals surface area contributed by atoms with Gasteiger partial charge in [0.25, 0.3) is 0 Å². The van der Waals surface area contributed by atoms with E-state index < -0.39 is 9.84 Å². The largest absolute Gasteiger partial charge is 0.493 e. The van der Waals surface area contributed by atoms with Crippen molar-refractivity contribution in [3.63, 3.8) is 0 Å². The zero-order valence-electron chi connectivity index (χ0n) is 11.6. The molecule has 2 aliphatic heterocycles. The highest BCUT2D eigenvalue weighted by molar-refractivity contribution is 7.91. The van der Waals surface area contributed by atoms with E-state index in [2.05, 4.69) is 17.4 Å². The number of hydrogen-bond donors (Lipinski definition) is 1. The van der Waals surface area contributed by atoms with Gasteiger partial charge in [-0.15, -0.1) is 0 Å². The standard InChI is InChI=1S/C15H21NO3S/c17-20(18)7-1-2-12(11-20)10-19-15-4-3-14-9-16-6-5-13(14)8-15/h3-4,8,12,16H,1-2,5-7,9-11H2. The first kappa shape index (κ1) is 13.9. The van der Waals surface area contributed by atoms with E-state index >= 15 is 0 Å². The van der Waals surface area contributed by atoms with Gasteiger partial charge in [-0.2, -0.15) is 0 Å². The van der Waals surface area contributed by atoms with Crippen LogP contribution in [0.3, 0.4) is 0 Å². The first-order chi connectivity index (χ1) is 9.62. The lowest BCUT2D eigenvalue weighted by Gasteiger charge is -2.23. The Labute approximate surface area is 120 Å². The molecule has 0 spiro atoms. The highest BCUT2D eigenvalue weighted by atomic mass is 32.2. The smallest absolute Gasteiger partial charge is 0.150 e. The molecular weight excluding hydrogens is 274 g/mol. The van der Waals surface area contributed by atoms with Crippen LogP contribution in [-0.2, 0) is 22.8 Å². The zero-order chi connectivity index (χ0) is 14.0. The minimum absolute atomic E-state index is 0.145. The van der Waals surface area contributed by atoms with Gasteiger partial charge in [0, 0.05) is 12.5 Å². The molecule has 0 aromatic heterocycles. The Morgan fingerprint density at radius 3 is 3.05 bits per heavy atom. The summed E-state index contributed by atoms with van der Waals surface area (Å²) in [5.74, 6) is 1.64. The Hall–Kier alpha value is -1.07. The lowest BCUT2D eigenvalue weighted by molar-refractivity contribution is 0.249. The third-order valence-electron chi connectivity index (χ3n) is 4.11. The number of nitrogens with one attached hydrogen (secondary N) is 1. The maximum absolute atomic E-state index is 11.6. The summed E-state index contributed by atoms with van der Waals surface area (Å²) in [4.78, 5) is 0. The van der Waals surface area contributed by atoms with E-state index in [-0.39, 0.29) is 11.7 Å². The van der Waals surface area contributed by atoms with Crippen molar-refractivity contribution in [3.8, 4) is 5.75 Å². The van der Waals surface area contributed by atoms with Gasteiger partial charge in [0.2, 0.25) is 0 Å². The summed E-state index contributed by atoms with van der Waals surface area (Å²) in [6.07, 6.45) is 2.75. The summed E-state index contributed by atoms with van der Waals surface area (Å²) in [5.41, 5.74) is 2.68. The van der Waals surface area contributed by atoms with Gasteiger partial charge in [0.15, 0.2) is 9.84 Å². The van der Waals surface area contributed by atoms with Gasteiger partial charge in [-0.25, -0.2) is 8.42 Å². The molecule has 0 aliphatic carbocycles. The van der Waals surface area contributed by atoms with E-state index in [0.29, 0.717) is 12.4 Å². The number of ether oxygens (including phenoxy) is 1. The van der Waals surface area contributed by atoms with Gasteiger partial charge in [-0.3, -0.25) is 0 Å². The fourth-order valence-corrected chi connectivity index (χ4v) is 4.76. The molecule has 110 valence electrons. The molecule has 1 atom stereocenters. The fourth-order valence-electron chi connectivity index (χ4n) is 3.01. The maximum atomic E-state index is 11.6. The summed E-state index contributed by atoms with van der Waals surface area (Å²) >= 11 is 0. The zero-order valence-corrected chi connectivity index (χ0v) is 12.4. The van der Waals surface area contributed by atoms with Crippen molar-refractivity contribution >= 4 is 9.84 Å². The third kappa shape index (κ3) is 3.33. The van der Waals surface area contributed by atoms with E-state index in [4.69, 9.17) is 4.74 Å². The maximum Gasteiger partial charge on any atom is 0.150 e. The second-order valence-corrected chi connectivity index (χ2v) is 8.02. The Balaban J connectivity index is 1.61. The first-order valence-corrected chi connectivity index (χ1v) is 9.10. The van der Waals surface area contributed by atoms with Gasteiger partial charge >= 0.3 is 0 Å². The number of hydrogen-bond acceptors (Lipinski definition) is 4. The predicted octanol–water partition coefficient (Wildman–Crippen LogP) is 1.54. The minimum atomic E-state index is -2.84. The summed E-state index contributed by atoms with van der Waals surface area (Å²) in [7, 11) is -2.84. The molecule has 0 radical (unpaired) electrons. The van der Waals surface area contributed by atoms with Crippen LogP contribution in [0.15, 0.2) is 18.2 Å². The molecule has 3 rings (SSSR count). The van der Waals surface area contributed by atoms with Crippen LogP contribution in [0.1, 0.15) is 24.0 Å². The van der Waals surface area contributed by atoms with E-state index in [9.17, 15) is 8.42 Å². The molecule has 1 saturated heterocycles. The predicted molar refractivity (Wildman–Crippen MR) is 78.7 cm³/mol. The van der Waals surface area contributed by atoms with Crippen LogP contribution in [0.25, 0.3) is 0 Å². The second-order valence-electron chi connectivity index (χ2n) is 5.79. The molecule has 0 saturated carbocycles. The first-order valence-electron chi connectivity index (χ1n) is 7.28. The van der Waals surface area contributed by atoms with Crippen LogP contribution in [-0.4, -0.2) is 33.1 Å². The van der Waals surface area contributed by atoms with Crippen molar-refractivity contribution < 1.29 is 13.2 Å². The molecular formula is C15H21NO3S. The summed E-state index contributed by atoms with van der Waals surface area (Å²) in [5, 5.41) is 3.35. The molecule has 1 aromatic rings. The molecule has 1 N–H and O–H groups in total. The molecule has 1 fully saturated rings. The van der Waals surface area contributed by atoms with Crippen molar-refractivity contribution in [2.45, 2.75) is 25.8 Å². The molecule has 1 aromatic carbocycles. The van der Waals surface area contributed by atoms with Gasteiger partial charge in [-0.05, 0) is 49.1 Å². The number of benzene rings is 1. The molecule has 5 heteroatoms. The highest BCUT2D eigenvalue weighted by Gasteiger charge is 2.25. The van der Waals surface area contributed by atoms with Gasteiger partial charge in [0.05, 0.1) is 18.1 Å². The van der Waals surface area contributed by atoms with Crippen molar-refractivity contribution in [1.82, 2.24) is 5.32 Å². The van der Waals surface area contributed by atoms with Crippen LogP contribution in [0.5, 0.6) is 5.75 Å². The number of rotatable bonds is 3. The van der Waals surface area contributed by atoms with Crippen LogP contribution < -0.4 is 10.1 Å².